The summed E-state index contributed by atoms with van der Waals surface area (Å²) in [7, 11) is 0. The molecule has 2 N–H and O–H groups in total. The van der Waals surface area contributed by atoms with E-state index in [1.165, 1.54) is 0 Å². The second-order valence-electron chi connectivity index (χ2n) is 4.84. The second kappa shape index (κ2) is 10.2. The van der Waals surface area contributed by atoms with Crippen LogP contribution in [0.25, 0.3) is 0 Å². The first-order chi connectivity index (χ1) is 9.72. The van der Waals surface area contributed by atoms with Gasteiger partial charge in [0.15, 0.2) is 0 Å². The van der Waals surface area contributed by atoms with Gasteiger partial charge in [-0.15, -0.1) is 0 Å². The maximum atomic E-state index is 10.6. The second-order valence-corrected chi connectivity index (χ2v) is 4.84. The van der Waals surface area contributed by atoms with Crippen molar-refractivity contribution in [2.75, 3.05) is 13.2 Å². The molecule has 20 heavy (non-hydrogen) atoms. The predicted molar refractivity (Wildman–Crippen MR) is 75.6 cm³/mol. The Kier molecular flexibility index (Phi) is 8.38. The summed E-state index contributed by atoms with van der Waals surface area (Å²) < 4.78 is 5.59. The van der Waals surface area contributed by atoms with Crippen molar-refractivity contribution in [3.05, 3.63) is 24.5 Å². The lowest BCUT2D eigenvalue weighted by Gasteiger charge is -2.16. The molecule has 0 radical (unpaired) electrons. The molecule has 0 fully saturated rings. The molecule has 5 nitrogen and oxygen atoms in total. The van der Waals surface area contributed by atoms with Crippen LogP contribution in [0.2, 0.25) is 0 Å². The van der Waals surface area contributed by atoms with Gasteiger partial charge in [-0.2, -0.15) is 0 Å². The van der Waals surface area contributed by atoms with Gasteiger partial charge in [-0.3, -0.25) is 9.78 Å². The lowest BCUT2D eigenvalue weighted by atomic mass is 9.94. The first-order valence-corrected chi connectivity index (χ1v) is 7.08. The zero-order valence-electron chi connectivity index (χ0n) is 11.7. The molecule has 1 aromatic heterocycles. The molecule has 0 aromatic carbocycles. The van der Waals surface area contributed by atoms with E-state index in [1.54, 1.807) is 12.4 Å². The Morgan fingerprint density at radius 1 is 1.30 bits per heavy atom. The standard InChI is InChI=1S/C15H23NO4/c17-10-2-1-4-13(6-7-15(18)19)8-11-20-14-5-3-9-16-12-14/h3,5,9,12-13,17H,1-2,4,6-8,10-11H2,(H,18,19)/t13-/m0/s1. The van der Waals surface area contributed by atoms with Crippen molar-refractivity contribution in [3.63, 3.8) is 0 Å². The summed E-state index contributed by atoms with van der Waals surface area (Å²) in [4.78, 5) is 14.6. The van der Waals surface area contributed by atoms with Crippen molar-refractivity contribution >= 4 is 5.97 Å². The molecule has 0 amide bonds. The third-order valence-corrected chi connectivity index (χ3v) is 3.22. The Bertz CT molecular complexity index is 369. The Labute approximate surface area is 119 Å². The molecule has 0 aliphatic carbocycles. The molecule has 0 spiro atoms. The molecule has 0 aliphatic rings. The molecular weight excluding hydrogens is 258 g/mol. The lowest BCUT2D eigenvalue weighted by Crippen LogP contribution is -2.10. The lowest BCUT2D eigenvalue weighted by molar-refractivity contribution is -0.137. The monoisotopic (exact) mass is 281 g/mol. The maximum Gasteiger partial charge on any atom is 0.303 e. The van der Waals surface area contributed by atoms with Crippen LogP contribution in [0.1, 0.15) is 38.5 Å². The topological polar surface area (TPSA) is 79.7 Å². The van der Waals surface area contributed by atoms with E-state index in [2.05, 4.69) is 4.98 Å². The van der Waals surface area contributed by atoms with E-state index >= 15 is 0 Å². The van der Waals surface area contributed by atoms with E-state index in [0.29, 0.717) is 18.9 Å². The van der Waals surface area contributed by atoms with Crippen molar-refractivity contribution in [2.45, 2.75) is 38.5 Å². The highest BCUT2D eigenvalue weighted by atomic mass is 16.5. The number of nitrogens with zero attached hydrogens (tertiary/aromatic N) is 1. The van der Waals surface area contributed by atoms with Crippen LogP contribution in [0.4, 0.5) is 0 Å². The predicted octanol–water partition coefficient (Wildman–Crippen LogP) is 2.49. The van der Waals surface area contributed by atoms with Gasteiger partial charge in [0.05, 0.1) is 12.8 Å². The molecule has 1 aromatic rings. The van der Waals surface area contributed by atoms with E-state index in [0.717, 1.165) is 31.4 Å². The molecular formula is C15H23NO4. The van der Waals surface area contributed by atoms with Crippen LogP contribution in [0, 0.1) is 5.92 Å². The number of ether oxygens (including phenoxy) is 1. The molecule has 0 bridgehead atoms. The Balaban J connectivity index is 2.28. The highest BCUT2D eigenvalue weighted by Gasteiger charge is 2.11. The van der Waals surface area contributed by atoms with Crippen molar-refractivity contribution < 1.29 is 19.7 Å². The highest BCUT2D eigenvalue weighted by Crippen LogP contribution is 2.19. The first kappa shape index (κ1) is 16.4. The number of aliphatic carboxylic acids is 1. The van der Waals surface area contributed by atoms with Crippen molar-refractivity contribution in [2.24, 2.45) is 5.92 Å². The molecule has 5 heteroatoms. The number of carboxylic acid groups (broad SMARTS) is 1. The maximum absolute atomic E-state index is 10.6. The number of hydrogen-bond acceptors (Lipinski definition) is 4. The van der Waals surface area contributed by atoms with Gasteiger partial charge < -0.3 is 14.9 Å². The summed E-state index contributed by atoms with van der Waals surface area (Å²) in [5, 5.41) is 17.6. The van der Waals surface area contributed by atoms with Gasteiger partial charge in [0.2, 0.25) is 0 Å². The summed E-state index contributed by atoms with van der Waals surface area (Å²) in [5.74, 6) is 0.305. The fourth-order valence-corrected chi connectivity index (χ4v) is 2.08. The van der Waals surface area contributed by atoms with Crippen molar-refractivity contribution in [1.29, 1.82) is 0 Å². The van der Waals surface area contributed by atoms with Gasteiger partial charge >= 0.3 is 5.97 Å². The van der Waals surface area contributed by atoms with Crippen LogP contribution >= 0.6 is 0 Å². The van der Waals surface area contributed by atoms with Crippen LogP contribution < -0.4 is 4.74 Å². The summed E-state index contributed by atoms with van der Waals surface area (Å²) >= 11 is 0. The Morgan fingerprint density at radius 3 is 2.80 bits per heavy atom. The molecule has 1 atom stereocenters. The van der Waals surface area contributed by atoms with Crippen LogP contribution in [0.5, 0.6) is 5.75 Å². The minimum Gasteiger partial charge on any atom is -0.492 e. The van der Waals surface area contributed by atoms with Gasteiger partial charge in [-0.05, 0) is 37.3 Å². The molecule has 1 rings (SSSR count). The van der Waals surface area contributed by atoms with Crippen molar-refractivity contribution in [1.82, 2.24) is 4.98 Å². The van der Waals surface area contributed by atoms with Crippen LogP contribution in [-0.4, -0.2) is 34.4 Å². The minimum atomic E-state index is -0.759. The number of aromatic nitrogens is 1. The summed E-state index contributed by atoms with van der Waals surface area (Å²) in [6, 6.07) is 3.67. The number of pyridine rings is 1. The average molecular weight is 281 g/mol. The zero-order chi connectivity index (χ0) is 14.6. The smallest absolute Gasteiger partial charge is 0.303 e. The Morgan fingerprint density at radius 2 is 2.15 bits per heavy atom. The average Bonchev–Trinajstić information content (AvgIpc) is 2.45. The number of hydrogen-bond donors (Lipinski definition) is 2. The first-order valence-electron chi connectivity index (χ1n) is 7.08. The van der Waals surface area contributed by atoms with Crippen LogP contribution in [0.15, 0.2) is 24.5 Å². The van der Waals surface area contributed by atoms with E-state index < -0.39 is 5.97 Å². The normalized spacial score (nSPS) is 12.1. The SMILES string of the molecule is O=C(O)CC[C@H](CCCCO)CCOc1cccnc1. The van der Waals surface area contributed by atoms with Gasteiger partial charge in [-0.25, -0.2) is 0 Å². The summed E-state index contributed by atoms with van der Waals surface area (Å²) in [6.45, 7) is 0.757. The van der Waals surface area contributed by atoms with Crippen LogP contribution in [-0.2, 0) is 4.79 Å². The molecule has 0 aliphatic heterocycles. The minimum absolute atomic E-state index is 0.191. The van der Waals surface area contributed by atoms with E-state index in [-0.39, 0.29) is 13.0 Å². The molecule has 1 heterocycles. The number of aliphatic hydroxyl groups excluding tert-OH is 1. The third kappa shape index (κ3) is 7.74. The fraction of sp³-hybridized carbons (Fsp3) is 0.600. The molecule has 0 saturated carbocycles. The number of unbranched alkanes of at least 4 members (excludes halogenated alkanes) is 1. The number of carboxylic acids is 1. The molecule has 112 valence electrons. The van der Waals surface area contributed by atoms with Gasteiger partial charge in [0.25, 0.3) is 0 Å². The zero-order valence-corrected chi connectivity index (χ0v) is 11.7. The van der Waals surface area contributed by atoms with Gasteiger partial charge in [0.1, 0.15) is 5.75 Å². The number of rotatable bonds is 11. The van der Waals surface area contributed by atoms with Crippen LogP contribution in [0.3, 0.4) is 0 Å². The summed E-state index contributed by atoms with van der Waals surface area (Å²) in [5.41, 5.74) is 0. The fourth-order valence-electron chi connectivity index (χ4n) is 2.08. The van der Waals surface area contributed by atoms with E-state index in [4.69, 9.17) is 14.9 Å². The van der Waals surface area contributed by atoms with E-state index in [1.807, 2.05) is 12.1 Å². The molecule has 0 unspecified atom stereocenters. The molecule has 0 saturated heterocycles. The Hall–Kier alpha value is -1.62. The number of aliphatic hydroxyl groups is 1. The van der Waals surface area contributed by atoms with Crippen molar-refractivity contribution in [3.8, 4) is 5.75 Å². The van der Waals surface area contributed by atoms with Gasteiger partial charge in [-0.1, -0.05) is 12.8 Å². The largest absolute Gasteiger partial charge is 0.492 e. The highest BCUT2D eigenvalue weighted by molar-refractivity contribution is 5.66. The van der Waals surface area contributed by atoms with E-state index in [9.17, 15) is 4.79 Å². The number of carbonyl (C=O) groups is 1. The van der Waals surface area contributed by atoms with Gasteiger partial charge in [0, 0.05) is 19.2 Å². The summed E-state index contributed by atoms with van der Waals surface area (Å²) in [6.07, 6.45) is 7.67. The third-order valence-electron chi connectivity index (χ3n) is 3.22. The quantitative estimate of drug-likeness (QED) is 0.609.